The van der Waals surface area contributed by atoms with Gasteiger partial charge < -0.3 is 20.1 Å². The van der Waals surface area contributed by atoms with Crippen molar-refractivity contribution < 1.29 is 29.6 Å². The van der Waals surface area contributed by atoms with Crippen LogP contribution in [0.3, 0.4) is 0 Å². The van der Waals surface area contributed by atoms with Crippen molar-refractivity contribution in [1.82, 2.24) is 0 Å². The molecule has 0 radical (unpaired) electrons. The number of fused-ring (bicyclic) bond motifs is 7. The Kier molecular flexibility index (Phi) is 7.61. The minimum atomic E-state index is -0.598. The standard InChI is InChI=1S/C39H54O6/c1-23(2)25-14-19-39(34(43)44)21-20-37(6)26(33(25)39)10-12-30-36(5)17-16-31(35(3,4)29(36)15-18-38(30,37)7)45-32(42)13-9-24-8-11-27(40)28(41)22-24/h8-9,11,13,22,25-26,29-31,33,40-41H,1,10,12,14-21H2,2-7H3,(H,43,44)/b13-9+/t25-,26+,29-,30+,31-,33+,36-,37+,38+,39-/m0/s1. The maximum Gasteiger partial charge on any atom is 0.331 e. The molecule has 0 aliphatic heterocycles. The van der Waals surface area contributed by atoms with Crippen molar-refractivity contribution in [2.45, 2.75) is 112 Å². The number of aromatic hydroxyl groups is 2. The van der Waals surface area contributed by atoms with Crippen molar-refractivity contribution in [2.75, 3.05) is 0 Å². The van der Waals surface area contributed by atoms with Crippen LogP contribution in [0.25, 0.3) is 6.08 Å². The molecule has 0 spiro atoms. The Balaban J connectivity index is 1.23. The number of esters is 1. The summed E-state index contributed by atoms with van der Waals surface area (Å²) in [5.74, 6) is 0.473. The first-order valence-electron chi connectivity index (χ1n) is 17.3. The van der Waals surface area contributed by atoms with Crippen molar-refractivity contribution in [1.29, 1.82) is 0 Å². The van der Waals surface area contributed by atoms with E-state index in [1.54, 1.807) is 12.1 Å². The molecule has 246 valence electrons. The van der Waals surface area contributed by atoms with E-state index in [0.29, 0.717) is 29.2 Å². The molecular formula is C39H54O6. The third kappa shape index (κ3) is 4.54. The lowest BCUT2D eigenvalue weighted by Gasteiger charge is -2.72. The van der Waals surface area contributed by atoms with Crippen molar-refractivity contribution in [3.05, 3.63) is 42.0 Å². The van der Waals surface area contributed by atoms with Crippen LogP contribution >= 0.6 is 0 Å². The van der Waals surface area contributed by atoms with Crippen LogP contribution in [0, 0.1) is 56.7 Å². The van der Waals surface area contributed by atoms with E-state index in [9.17, 15) is 24.9 Å². The highest BCUT2D eigenvalue weighted by Crippen LogP contribution is 2.77. The van der Waals surface area contributed by atoms with E-state index in [4.69, 9.17) is 4.74 Å². The predicted octanol–water partition coefficient (Wildman–Crippen LogP) is 8.77. The van der Waals surface area contributed by atoms with Crippen LogP contribution in [-0.4, -0.2) is 33.4 Å². The fourth-order valence-corrected chi connectivity index (χ4v) is 12.7. The Morgan fingerprint density at radius 2 is 1.60 bits per heavy atom. The van der Waals surface area contributed by atoms with E-state index in [1.807, 2.05) is 0 Å². The van der Waals surface area contributed by atoms with Crippen molar-refractivity contribution in [3.8, 4) is 11.5 Å². The molecule has 45 heavy (non-hydrogen) atoms. The number of carboxylic acids is 1. The molecule has 1 aromatic rings. The van der Waals surface area contributed by atoms with Gasteiger partial charge in [-0.3, -0.25) is 4.79 Å². The predicted molar refractivity (Wildman–Crippen MR) is 175 cm³/mol. The molecule has 6 nitrogen and oxygen atoms in total. The number of carbonyl (C=O) groups is 2. The zero-order valence-corrected chi connectivity index (χ0v) is 28.2. The SMILES string of the molecule is C=C(C)[C@@H]1CC[C@]2(C(=O)O)CC[C@]3(C)[C@H](CC[C@@H]4[C@@]5(C)CC[C@H](OC(=O)/C=C/c6ccc(O)c(O)c6)C(C)(C)[C@@H]5CC[C@]43C)[C@@H]12. The maximum atomic E-state index is 13.0. The summed E-state index contributed by atoms with van der Waals surface area (Å²) in [6.07, 6.45) is 12.7. The summed E-state index contributed by atoms with van der Waals surface area (Å²) in [4.78, 5) is 25.9. The monoisotopic (exact) mass is 618 g/mol. The summed E-state index contributed by atoms with van der Waals surface area (Å²) in [6.45, 7) is 18.7. The van der Waals surface area contributed by atoms with E-state index in [1.165, 1.54) is 23.8 Å². The molecule has 0 unspecified atom stereocenters. The fraction of sp³-hybridized carbons (Fsp3) is 0.692. The summed E-state index contributed by atoms with van der Waals surface area (Å²) in [5, 5.41) is 30.0. The normalized spacial score (nSPS) is 43.4. The van der Waals surface area contributed by atoms with Gasteiger partial charge in [0.25, 0.3) is 0 Å². The smallest absolute Gasteiger partial charge is 0.331 e. The van der Waals surface area contributed by atoms with Gasteiger partial charge in [0.1, 0.15) is 6.10 Å². The Bertz CT molecular complexity index is 1430. The summed E-state index contributed by atoms with van der Waals surface area (Å²) >= 11 is 0. The Morgan fingerprint density at radius 3 is 2.27 bits per heavy atom. The Hall–Kier alpha value is -2.76. The van der Waals surface area contributed by atoms with E-state index in [-0.39, 0.29) is 51.2 Å². The number of carboxylic acid groups (broad SMARTS) is 1. The maximum absolute atomic E-state index is 13.0. The molecule has 3 N–H and O–H groups in total. The number of carbonyl (C=O) groups excluding carboxylic acids is 1. The van der Waals surface area contributed by atoms with Crippen LogP contribution in [0.15, 0.2) is 36.4 Å². The molecule has 5 aliphatic carbocycles. The van der Waals surface area contributed by atoms with Crippen molar-refractivity contribution in [2.24, 2.45) is 56.7 Å². The number of rotatable bonds is 5. The van der Waals surface area contributed by atoms with Gasteiger partial charge in [-0.05, 0) is 141 Å². The lowest BCUT2D eigenvalue weighted by Crippen LogP contribution is -2.67. The van der Waals surface area contributed by atoms with Crippen LogP contribution in [-0.2, 0) is 14.3 Å². The Morgan fingerprint density at radius 1 is 0.867 bits per heavy atom. The molecule has 5 aliphatic rings. The molecule has 0 amide bonds. The second kappa shape index (κ2) is 10.6. The fourth-order valence-electron chi connectivity index (χ4n) is 12.7. The zero-order valence-electron chi connectivity index (χ0n) is 28.2. The number of hydrogen-bond acceptors (Lipinski definition) is 5. The topological polar surface area (TPSA) is 104 Å². The molecule has 5 fully saturated rings. The Labute approximate surface area is 269 Å². The molecule has 10 atom stereocenters. The van der Waals surface area contributed by atoms with Crippen LogP contribution in [0.5, 0.6) is 11.5 Å². The first-order chi connectivity index (χ1) is 21.0. The highest BCUT2D eigenvalue weighted by Gasteiger charge is 2.72. The average Bonchev–Trinajstić information content (AvgIpc) is 3.37. The summed E-state index contributed by atoms with van der Waals surface area (Å²) in [6, 6.07) is 4.46. The third-order valence-electron chi connectivity index (χ3n) is 15.1. The first kappa shape index (κ1) is 32.2. The van der Waals surface area contributed by atoms with Crippen LogP contribution in [0.1, 0.15) is 111 Å². The van der Waals surface area contributed by atoms with Gasteiger partial charge in [-0.15, -0.1) is 0 Å². The number of ether oxygens (including phenoxy) is 1. The van der Waals surface area contributed by atoms with Crippen LogP contribution in [0.2, 0.25) is 0 Å². The lowest BCUT2D eigenvalue weighted by atomic mass is 9.32. The average molecular weight is 619 g/mol. The molecule has 0 bridgehead atoms. The van der Waals surface area contributed by atoms with Crippen LogP contribution < -0.4 is 0 Å². The highest BCUT2D eigenvalue weighted by atomic mass is 16.5. The molecule has 5 saturated carbocycles. The van der Waals surface area contributed by atoms with Gasteiger partial charge in [0, 0.05) is 11.5 Å². The van der Waals surface area contributed by atoms with E-state index < -0.39 is 11.4 Å². The molecule has 0 aromatic heterocycles. The number of hydrogen-bond donors (Lipinski definition) is 3. The third-order valence-corrected chi connectivity index (χ3v) is 15.1. The molecule has 6 heteroatoms. The number of benzene rings is 1. The van der Waals surface area contributed by atoms with Gasteiger partial charge in [-0.1, -0.05) is 52.8 Å². The quantitative estimate of drug-likeness (QED) is 0.132. The van der Waals surface area contributed by atoms with Crippen LogP contribution in [0.4, 0.5) is 0 Å². The number of aliphatic carboxylic acids is 1. The second-order valence-electron chi connectivity index (χ2n) is 17.0. The van der Waals surface area contributed by atoms with Gasteiger partial charge in [0.2, 0.25) is 0 Å². The van der Waals surface area contributed by atoms with E-state index in [2.05, 4.69) is 48.1 Å². The van der Waals surface area contributed by atoms with E-state index >= 15 is 0 Å². The molecule has 6 rings (SSSR count). The number of allylic oxidation sites excluding steroid dienone is 1. The minimum absolute atomic E-state index is 0.0898. The summed E-state index contributed by atoms with van der Waals surface area (Å²) < 4.78 is 6.16. The molecule has 0 saturated heterocycles. The minimum Gasteiger partial charge on any atom is -0.504 e. The molecule has 0 heterocycles. The van der Waals surface area contributed by atoms with Crippen molar-refractivity contribution in [3.63, 3.8) is 0 Å². The number of phenolic OH excluding ortho intramolecular Hbond substituents is 2. The van der Waals surface area contributed by atoms with Gasteiger partial charge in [0.15, 0.2) is 11.5 Å². The van der Waals surface area contributed by atoms with Crippen molar-refractivity contribution >= 4 is 18.0 Å². The summed E-state index contributed by atoms with van der Waals surface area (Å²) in [5.41, 5.74) is 1.34. The van der Waals surface area contributed by atoms with E-state index in [0.717, 1.165) is 64.2 Å². The highest BCUT2D eigenvalue weighted by molar-refractivity contribution is 5.87. The number of phenols is 2. The lowest BCUT2D eigenvalue weighted by molar-refractivity contribution is -0.250. The van der Waals surface area contributed by atoms with Gasteiger partial charge in [-0.2, -0.15) is 0 Å². The van der Waals surface area contributed by atoms with Gasteiger partial charge in [-0.25, -0.2) is 4.79 Å². The molecular weight excluding hydrogens is 564 g/mol. The summed E-state index contributed by atoms with van der Waals surface area (Å²) in [7, 11) is 0. The van der Waals surface area contributed by atoms with Gasteiger partial charge >= 0.3 is 11.9 Å². The molecule has 1 aromatic carbocycles. The second-order valence-corrected chi connectivity index (χ2v) is 17.0. The van der Waals surface area contributed by atoms with Gasteiger partial charge in [0.05, 0.1) is 5.41 Å². The first-order valence-corrected chi connectivity index (χ1v) is 17.3. The largest absolute Gasteiger partial charge is 0.504 e. The zero-order chi connectivity index (χ0) is 32.7.